The minimum absolute atomic E-state index is 0.00122. The summed E-state index contributed by atoms with van der Waals surface area (Å²) in [6.07, 6.45) is 1.20. The van der Waals surface area contributed by atoms with Crippen molar-refractivity contribution in [1.29, 1.82) is 0 Å². The molecule has 1 aromatic rings. The van der Waals surface area contributed by atoms with Crippen molar-refractivity contribution in [2.45, 2.75) is 13.3 Å². The number of carbonyl (C=O) groups excluding carboxylic acids is 2. The summed E-state index contributed by atoms with van der Waals surface area (Å²) in [4.78, 5) is 21.4. The summed E-state index contributed by atoms with van der Waals surface area (Å²) in [5.41, 5.74) is 0.715. The van der Waals surface area contributed by atoms with E-state index < -0.39 is 0 Å². The smallest absolute Gasteiger partial charge is 0.185 e. The summed E-state index contributed by atoms with van der Waals surface area (Å²) in [5, 5.41) is 9.60. The van der Waals surface area contributed by atoms with Crippen LogP contribution in [0.15, 0.2) is 18.2 Å². The minimum Gasteiger partial charge on any atom is -0.507 e. The molecule has 0 radical (unpaired) electrons. The van der Waals surface area contributed by atoms with Crippen LogP contribution >= 0.6 is 11.8 Å². The molecule has 0 amide bonds. The molecule has 0 bridgehead atoms. The van der Waals surface area contributed by atoms with Crippen LogP contribution in [-0.4, -0.2) is 22.3 Å². The fourth-order valence-corrected chi connectivity index (χ4v) is 1.68. The number of phenols is 1. The van der Waals surface area contributed by atoms with E-state index in [-0.39, 0.29) is 10.9 Å². The molecule has 0 fully saturated rings. The highest BCUT2D eigenvalue weighted by Gasteiger charge is 2.03. The van der Waals surface area contributed by atoms with Crippen LogP contribution in [0.4, 0.5) is 0 Å². The maximum Gasteiger partial charge on any atom is 0.185 e. The van der Waals surface area contributed by atoms with Gasteiger partial charge in [0.1, 0.15) is 5.75 Å². The molecule has 0 saturated carbocycles. The number of aldehydes is 1. The number of carbonyl (C=O) groups is 2. The van der Waals surface area contributed by atoms with E-state index in [4.69, 9.17) is 0 Å². The third kappa shape index (κ3) is 4.33. The summed E-state index contributed by atoms with van der Waals surface area (Å²) in [7, 11) is 0. The SMILES string of the molecule is CC(=O)SCCC#Cc1c(O)cccc1C=O. The molecule has 3 nitrogen and oxygen atoms in total. The van der Waals surface area contributed by atoms with E-state index in [1.54, 1.807) is 12.1 Å². The van der Waals surface area contributed by atoms with Crippen LogP contribution in [-0.2, 0) is 4.79 Å². The molecule has 0 aliphatic heterocycles. The molecule has 0 saturated heterocycles. The first-order valence-electron chi connectivity index (χ1n) is 5.04. The van der Waals surface area contributed by atoms with Crippen LogP contribution in [0.5, 0.6) is 5.75 Å². The molecule has 4 heteroatoms. The predicted molar refractivity (Wildman–Crippen MR) is 68.1 cm³/mol. The second-order valence-corrected chi connectivity index (χ2v) is 4.52. The van der Waals surface area contributed by atoms with Gasteiger partial charge in [0.05, 0.1) is 5.56 Å². The van der Waals surface area contributed by atoms with E-state index in [1.807, 2.05) is 0 Å². The van der Waals surface area contributed by atoms with Crippen molar-refractivity contribution >= 4 is 23.2 Å². The highest BCUT2D eigenvalue weighted by atomic mass is 32.2. The van der Waals surface area contributed by atoms with Crippen LogP contribution in [0.25, 0.3) is 0 Å². The summed E-state index contributed by atoms with van der Waals surface area (Å²) in [6.45, 7) is 1.51. The third-order valence-corrected chi connectivity index (χ3v) is 2.76. The zero-order valence-corrected chi connectivity index (χ0v) is 10.2. The molecular formula is C13H12O3S. The van der Waals surface area contributed by atoms with Gasteiger partial charge in [0.2, 0.25) is 0 Å². The van der Waals surface area contributed by atoms with Crippen molar-refractivity contribution in [3.05, 3.63) is 29.3 Å². The molecule has 0 aromatic heterocycles. The Morgan fingerprint density at radius 3 is 2.94 bits per heavy atom. The first kappa shape index (κ1) is 13.3. The fourth-order valence-electron chi connectivity index (χ4n) is 1.19. The van der Waals surface area contributed by atoms with Gasteiger partial charge in [-0.25, -0.2) is 0 Å². The van der Waals surface area contributed by atoms with Gasteiger partial charge < -0.3 is 5.11 Å². The van der Waals surface area contributed by atoms with Gasteiger partial charge in [-0.05, 0) is 6.07 Å². The van der Waals surface area contributed by atoms with Crippen molar-refractivity contribution in [2.24, 2.45) is 0 Å². The highest BCUT2D eigenvalue weighted by Crippen LogP contribution is 2.18. The normalized spacial score (nSPS) is 9.24. The first-order valence-corrected chi connectivity index (χ1v) is 6.03. The Bertz CT molecular complexity index is 483. The first-order chi connectivity index (χ1) is 8.15. The molecule has 17 heavy (non-hydrogen) atoms. The van der Waals surface area contributed by atoms with E-state index in [0.29, 0.717) is 29.6 Å². The van der Waals surface area contributed by atoms with Crippen molar-refractivity contribution in [3.8, 4) is 17.6 Å². The molecule has 1 N–H and O–H groups in total. The van der Waals surface area contributed by atoms with Crippen LogP contribution < -0.4 is 0 Å². The van der Waals surface area contributed by atoms with Gasteiger partial charge in [0.15, 0.2) is 11.4 Å². The van der Waals surface area contributed by atoms with E-state index in [2.05, 4.69) is 11.8 Å². The van der Waals surface area contributed by atoms with Crippen LogP contribution in [0, 0.1) is 11.8 Å². The molecular weight excluding hydrogens is 236 g/mol. The number of rotatable bonds is 3. The molecule has 1 rings (SSSR count). The summed E-state index contributed by atoms with van der Waals surface area (Å²) >= 11 is 1.21. The molecule has 1 aromatic carbocycles. The predicted octanol–water partition coefficient (Wildman–Crippen LogP) is 2.23. The number of hydrogen-bond acceptors (Lipinski definition) is 4. The highest BCUT2D eigenvalue weighted by molar-refractivity contribution is 8.13. The maximum absolute atomic E-state index is 10.7. The van der Waals surface area contributed by atoms with Crippen molar-refractivity contribution in [3.63, 3.8) is 0 Å². The quantitative estimate of drug-likeness (QED) is 0.506. The van der Waals surface area contributed by atoms with E-state index in [9.17, 15) is 14.7 Å². The average Bonchev–Trinajstić information content (AvgIpc) is 2.30. The summed E-state index contributed by atoms with van der Waals surface area (Å²) in [5.74, 6) is 6.20. The second-order valence-electron chi connectivity index (χ2n) is 3.25. The van der Waals surface area contributed by atoms with E-state index >= 15 is 0 Å². The Labute approximate surface area is 104 Å². The van der Waals surface area contributed by atoms with Crippen molar-refractivity contribution in [2.75, 3.05) is 5.75 Å². The van der Waals surface area contributed by atoms with Gasteiger partial charge in [-0.2, -0.15) is 0 Å². The lowest BCUT2D eigenvalue weighted by atomic mass is 10.1. The Morgan fingerprint density at radius 1 is 1.53 bits per heavy atom. The Morgan fingerprint density at radius 2 is 2.29 bits per heavy atom. The maximum atomic E-state index is 10.7. The van der Waals surface area contributed by atoms with Gasteiger partial charge in [0, 0.05) is 24.7 Å². The summed E-state index contributed by atoms with van der Waals surface area (Å²) < 4.78 is 0. The molecule has 88 valence electrons. The van der Waals surface area contributed by atoms with E-state index in [1.165, 1.54) is 24.8 Å². The molecule has 0 aliphatic carbocycles. The van der Waals surface area contributed by atoms with Crippen LogP contribution in [0.1, 0.15) is 29.3 Å². The second kappa shape index (κ2) is 6.77. The van der Waals surface area contributed by atoms with E-state index in [0.717, 1.165) is 0 Å². The lowest BCUT2D eigenvalue weighted by Crippen LogP contribution is -1.88. The molecule has 0 unspecified atom stereocenters. The molecule has 0 heterocycles. The van der Waals surface area contributed by atoms with Gasteiger partial charge in [-0.3, -0.25) is 9.59 Å². The fraction of sp³-hybridized carbons (Fsp3) is 0.231. The Kier molecular flexibility index (Phi) is 5.31. The number of hydrogen-bond donors (Lipinski definition) is 1. The number of benzene rings is 1. The van der Waals surface area contributed by atoms with Gasteiger partial charge >= 0.3 is 0 Å². The standard InChI is InChI=1S/C13H12O3S/c1-10(15)17-8-3-2-6-12-11(9-14)5-4-7-13(12)16/h4-5,7,9,16H,3,8H2,1H3. The third-order valence-electron chi connectivity index (χ3n) is 1.95. The number of thioether (sulfide) groups is 1. The van der Waals surface area contributed by atoms with Gasteiger partial charge in [0.25, 0.3) is 0 Å². The van der Waals surface area contributed by atoms with Crippen LogP contribution in [0.2, 0.25) is 0 Å². The van der Waals surface area contributed by atoms with Crippen LogP contribution in [0.3, 0.4) is 0 Å². The van der Waals surface area contributed by atoms with Crippen molar-refractivity contribution < 1.29 is 14.7 Å². The van der Waals surface area contributed by atoms with Crippen molar-refractivity contribution in [1.82, 2.24) is 0 Å². The molecule has 0 aliphatic rings. The monoisotopic (exact) mass is 248 g/mol. The zero-order chi connectivity index (χ0) is 12.7. The Balaban J connectivity index is 2.71. The zero-order valence-electron chi connectivity index (χ0n) is 9.40. The lowest BCUT2D eigenvalue weighted by molar-refractivity contribution is -0.109. The topological polar surface area (TPSA) is 54.4 Å². The summed E-state index contributed by atoms with van der Waals surface area (Å²) in [6, 6.07) is 4.68. The van der Waals surface area contributed by atoms with Gasteiger partial charge in [-0.15, -0.1) is 0 Å². The minimum atomic E-state index is 0.00122. The van der Waals surface area contributed by atoms with Gasteiger partial charge in [-0.1, -0.05) is 35.7 Å². The lowest BCUT2D eigenvalue weighted by Gasteiger charge is -1.98. The number of phenolic OH excluding ortho intramolecular Hbond substituents is 1. The Hall–Kier alpha value is -1.73. The number of aromatic hydroxyl groups is 1. The average molecular weight is 248 g/mol. The molecule has 0 spiro atoms. The molecule has 0 atom stereocenters. The largest absolute Gasteiger partial charge is 0.507 e.